The summed E-state index contributed by atoms with van der Waals surface area (Å²) in [6, 6.07) is 5.67. The highest BCUT2D eigenvalue weighted by Gasteiger charge is 2.71. The molecule has 43 heavy (non-hydrogen) atoms. The maximum atomic E-state index is 14.0. The van der Waals surface area contributed by atoms with Crippen LogP contribution in [0.3, 0.4) is 0 Å². The lowest BCUT2D eigenvalue weighted by Crippen LogP contribution is -2.70. The van der Waals surface area contributed by atoms with Crippen molar-refractivity contribution in [2.75, 3.05) is 13.2 Å². The molecule has 0 bridgehead atoms. The van der Waals surface area contributed by atoms with Crippen LogP contribution >= 0.6 is 0 Å². The first-order valence-corrected chi connectivity index (χ1v) is 18.1. The molecule has 1 heterocycles. The molecular formula is C36H53NO5S. The number of aliphatic hydroxyl groups excluding tert-OH is 1. The molecule has 9 atom stereocenters. The van der Waals surface area contributed by atoms with Crippen molar-refractivity contribution in [2.45, 2.75) is 110 Å². The summed E-state index contributed by atoms with van der Waals surface area (Å²) in [6.45, 7) is 19.3. The second-order valence-electron chi connectivity index (χ2n) is 16.5. The van der Waals surface area contributed by atoms with Gasteiger partial charge in [0, 0.05) is 18.7 Å². The summed E-state index contributed by atoms with van der Waals surface area (Å²) < 4.78 is 29.8. The SMILES string of the molecule is C=C(C)[C@@H]1CC[C@]2(CO)CC[C@]3(C)[C@H](CC[C@@H]4[C@@]5(C)CCN(S(=O)(=O)c6ccc(C(=O)O)cc6)C(C)(C)C5CC[C@]43C)[C@@H]12. The van der Waals surface area contributed by atoms with E-state index < -0.39 is 21.5 Å². The highest BCUT2D eigenvalue weighted by molar-refractivity contribution is 7.89. The second-order valence-corrected chi connectivity index (χ2v) is 18.4. The highest BCUT2D eigenvalue weighted by atomic mass is 32.2. The molecule has 4 aliphatic carbocycles. The fourth-order valence-electron chi connectivity index (χ4n) is 12.6. The van der Waals surface area contributed by atoms with Crippen LogP contribution in [0.15, 0.2) is 41.3 Å². The monoisotopic (exact) mass is 611 g/mol. The van der Waals surface area contributed by atoms with Crippen LogP contribution in [-0.2, 0) is 10.0 Å². The van der Waals surface area contributed by atoms with Crippen molar-refractivity contribution in [1.29, 1.82) is 0 Å². The van der Waals surface area contributed by atoms with Crippen LogP contribution in [-0.4, -0.2) is 47.6 Å². The molecule has 0 amide bonds. The van der Waals surface area contributed by atoms with E-state index in [1.807, 2.05) is 0 Å². The van der Waals surface area contributed by atoms with Crippen molar-refractivity contribution in [3.8, 4) is 0 Å². The summed E-state index contributed by atoms with van der Waals surface area (Å²) in [7, 11) is -3.79. The smallest absolute Gasteiger partial charge is 0.335 e. The summed E-state index contributed by atoms with van der Waals surface area (Å²) >= 11 is 0. The van der Waals surface area contributed by atoms with E-state index in [-0.39, 0.29) is 38.0 Å². The molecule has 5 aliphatic rings. The summed E-state index contributed by atoms with van der Waals surface area (Å²) in [6.07, 6.45) is 9.85. The van der Waals surface area contributed by atoms with Gasteiger partial charge in [0.2, 0.25) is 10.0 Å². The molecule has 1 aliphatic heterocycles. The Balaban J connectivity index is 1.32. The first-order chi connectivity index (χ1) is 20.0. The molecule has 7 heteroatoms. The van der Waals surface area contributed by atoms with Gasteiger partial charge in [0.05, 0.1) is 10.5 Å². The number of aromatic carboxylic acids is 1. The molecule has 6 rings (SSSR count). The Morgan fingerprint density at radius 3 is 2.19 bits per heavy atom. The summed E-state index contributed by atoms with van der Waals surface area (Å²) in [5, 5.41) is 20.1. The molecule has 0 radical (unpaired) electrons. The molecule has 0 aromatic heterocycles. The van der Waals surface area contributed by atoms with Gasteiger partial charge in [0.15, 0.2) is 0 Å². The number of hydrogen-bond acceptors (Lipinski definition) is 4. The number of aliphatic hydroxyl groups is 1. The van der Waals surface area contributed by atoms with E-state index in [1.165, 1.54) is 49.1 Å². The number of fused-ring (bicyclic) bond motifs is 7. The van der Waals surface area contributed by atoms with Gasteiger partial charge in [-0.1, -0.05) is 32.9 Å². The molecule has 1 unspecified atom stereocenters. The minimum Gasteiger partial charge on any atom is -0.478 e. The molecule has 5 fully saturated rings. The van der Waals surface area contributed by atoms with E-state index in [9.17, 15) is 23.4 Å². The predicted molar refractivity (Wildman–Crippen MR) is 169 cm³/mol. The van der Waals surface area contributed by atoms with Crippen LogP contribution in [0.1, 0.15) is 110 Å². The third-order valence-corrected chi connectivity index (χ3v) is 17.0. The molecule has 0 spiro atoms. The molecule has 2 N–H and O–H groups in total. The number of hydrogen-bond donors (Lipinski definition) is 2. The van der Waals surface area contributed by atoms with Crippen LogP contribution in [0.5, 0.6) is 0 Å². The van der Waals surface area contributed by atoms with Gasteiger partial charge in [0.25, 0.3) is 0 Å². The lowest BCUT2D eigenvalue weighted by atomic mass is 9.33. The van der Waals surface area contributed by atoms with Crippen LogP contribution in [0, 0.1) is 51.2 Å². The predicted octanol–water partition coefficient (Wildman–Crippen LogP) is 7.39. The van der Waals surface area contributed by atoms with Gasteiger partial charge in [-0.15, -0.1) is 0 Å². The number of allylic oxidation sites excluding steroid dienone is 1. The Hall–Kier alpha value is -1.70. The lowest BCUT2D eigenvalue weighted by molar-refractivity contribution is -0.238. The van der Waals surface area contributed by atoms with Crippen molar-refractivity contribution >= 4 is 16.0 Å². The first kappa shape index (κ1) is 31.3. The molecular weight excluding hydrogens is 558 g/mol. The Labute approximate surface area is 259 Å². The van der Waals surface area contributed by atoms with Crippen molar-refractivity contribution in [2.24, 2.45) is 51.2 Å². The fourth-order valence-corrected chi connectivity index (χ4v) is 14.4. The molecule has 238 valence electrons. The molecule has 4 saturated carbocycles. The van der Waals surface area contributed by atoms with Crippen molar-refractivity contribution in [3.05, 3.63) is 42.0 Å². The number of benzene rings is 1. The maximum absolute atomic E-state index is 14.0. The zero-order valence-electron chi connectivity index (χ0n) is 27.2. The van der Waals surface area contributed by atoms with E-state index in [0.717, 1.165) is 38.5 Å². The molecule has 1 aromatic rings. The Bertz CT molecular complexity index is 1420. The molecule has 6 nitrogen and oxygen atoms in total. The highest BCUT2D eigenvalue weighted by Crippen LogP contribution is 2.76. The van der Waals surface area contributed by atoms with Gasteiger partial charge >= 0.3 is 5.97 Å². The quantitative estimate of drug-likeness (QED) is 0.339. The summed E-state index contributed by atoms with van der Waals surface area (Å²) in [5.41, 5.74) is 1.23. The Kier molecular flexibility index (Phi) is 7.20. The molecule has 1 saturated heterocycles. The van der Waals surface area contributed by atoms with Crippen LogP contribution in [0.4, 0.5) is 0 Å². The number of carbonyl (C=O) groups is 1. The topological polar surface area (TPSA) is 94.9 Å². The van der Waals surface area contributed by atoms with E-state index >= 15 is 0 Å². The van der Waals surface area contributed by atoms with Crippen LogP contribution in [0.2, 0.25) is 0 Å². The minimum absolute atomic E-state index is 0.0264. The first-order valence-electron chi connectivity index (χ1n) is 16.6. The maximum Gasteiger partial charge on any atom is 0.335 e. The Morgan fingerprint density at radius 1 is 0.907 bits per heavy atom. The largest absolute Gasteiger partial charge is 0.478 e. The second kappa shape index (κ2) is 9.90. The number of piperidine rings is 1. The Morgan fingerprint density at radius 2 is 1.58 bits per heavy atom. The third-order valence-electron chi connectivity index (χ3n) is 14.9. The van der Waals surface area contributed by atoms with Crippen molar-refractivity contribution < 1.29 is 23.4 Å². The normalized spacial score (nSPS) is 44.0. The summed E-state index contributed by atoms with van der Waals surface area (Å²) in [4.78, 5) is 11.5. The van der Waals surface area contributed by atoms with Gasteiger partial charge in [-0.25, -0.2) is 13.2 Å². The number of nitrogens with zero attached hydrogens (tertiary/aromatic N) is 1. The number of rotatable bonds is 5. The number of carboxylic acids is 1. The molecule has 1 aromatic carbocycles. The van der Waals surface area contributed by atoms with E-state index in [4.69, 9.17) is 0 Å². The fraction of sp³-hybridized carbons (Fsp3) is 0.750. The standard InChI is InChI=1S/C36H53NO5S/c1-23(2)26-14-17-36(22-38)19-18-34(6)27(30(26)36)12-13-29-33(5)20-21-37(32(3,4)28(33)15-16-35(29,34)7)43(41,42)25-10-8-24(9-11-25)31(39)40/h8-11,26-30,38H,1,12-22H2,2-7H3,(H,39,40)/t26-,27+,28?,29+,30+,33-,34+,35+,36+/m0/s1. The average Bonchev–Trinajstić information content (AvgIpc) is 3.33. The minimum atomic E-state index is -3.79. The zero-order valence-corrected chi connectivity index (χ0v) is 28.0. The average molecular weight is 612 g/mol. The van der Waals surface area contributed by atoms with Gasteiger partial charge in [-0.05, 0) is 154 Å². The van der Waals surface area contributed by atoms with E-state index in [0.29, 0.717) is 36.8 Å². The summed E-state index contributed by atoms with van der Waals surface area (Å²) in [5.74, 6) is 1.28. The third kappa shape index (κ3) is 4.08. The number of carboxylic acid groups (broad SMARTS) is 1. The van der Waals surface area contributed by atoms with Gasteiger partial charge in [-0.3, -0.25) is 0 Å². The van der Waals surface area contributed by atoms with Gasteiger partial charge < -0.3 is 10.2 Å². The van der Waals surface area contributed by atoms with Crippen LogP contribution in [0.25, 0.3) is 0 Å². The lowest BCUT2D eigenvalue weighted by Gasteiger charge is -2.73. The van der Waals surface area contributed by atoms with Gasteiger partial charge in [0.1, 0.15) is 0 Å². The van der Waals surface area contributed by atoms with Gasteiger partial charge in [-0.2, -0.15) is 4.31 Å². The zero-order chi connectivity index (χ0) is 31.4. The van der Waals surface area contributed by atoms with E-state index in [1.54, 1.807) is 4.31 Å². The van der Waals surface area contributed by atoms with Crippen molar-refractivity contribution in [3.63, 3.8) is 0 Å². The van der Waals surface area contributed by atoms with E-state index in [2.05, 4.69) is 48.1 Å². The van der Waals surface area contributed by atoms with Crippen molar-refractivity contribution in [1.82, 2.24) is 4.31 Å². The van der Waals surface area contributed by atoms with Crippen LogP contribution < -0.4 is 0 Å². The number of sulfonamides is 1.